The molecule has 5 heteroatoms. The third-order valence-electron chi connectivity index (χ3n) is 4.44. The van der Waals surface area contributed by atoms with E-state index in [0.717, 1.165) is 16.9 Å². The molecular weight excluding hydrogens is 316 g/mol. The predicted molar refractivity (Wildman–Crippen MR) is 98.3 cm³/mol. The summed E-state index contributed by atoms with van der Waals surface area (Å²) in [7, 11) is 0. The van der Waals surface area contributed by atoms with Crippen molar-refractivity contribution >= 4 is 11.9 Å². The Morgan fingerprint density at radius 2 is 1.72 bits per heavy atom. The van der Waals surface area contributed by atoms with Crippen LogP contribution in [0.1, 0.15) is 43.2 Å². The Hall–Kier alpha value is -2.69. The van der Waals surface area contributed by atoms with E-state index in [1.54, 1.807) is 12.1 Å². The van der Waals surface area contributed by atoms with E-state index in [-0.39, 0.29) is 5.69 Å². The Bertz CT molecular complexity index is 718. The van der Waals surface area contributed by atoms with Crippen LogP contribution in [0.15, 0.2) is 53.5 Å². The number of nitro groups is 1. The molecule has 0 saturated heterocycles. The third-order valence-corrected chi connectivity index (χ3v) is 4.44. The van der Waals surface area contributed by atoms with Gasteiger partial charge in [0, 0.05) is 24.4 Å². The van der Waals surface area contributed by atoms with Gasteiger partial charge in [0.2, 0.25) is 0 Å². The second-order valence-corrected chi connectivity index (χ2v) is 6.35. The zero-order valence-corrected chi connectivity index (χ0v) is 14.1. The molecule has 0 heterocycles. The summed E-state index contributed by atoms with van der Waals surface area (Å²) in [6.45, 7) is 0.382. The van der Waals surface area contributed by atoms with Crippen molar-refractivity contribution in [3.63, 3.8) is 0 Å². The molecular formula is C20H22N2O3. The number of nitro benzene ring substituents is 1. The maximum atomic E-state index is 10.6. The standard InChI is InChI=1S/C20H22N2O3/c23-22(24)19-10-6-17(7-11-19)15-25-20-12-8-16(9-13-20)14-21-18-4-2-1-3-5-18/h6-14,18H,1-5,15H2/b21-14+. The molecule has 3 rings (SSSR count). The Morgan fingerprint density at radius 3 is 2.36 bits per heavy atom. The number of rotatable bonds is 6. The summed E-state index contributed by atoms with van der Waals surface area (Å²) in [5.41, 5.74) is 2.06. The van der Waals surface area contributed by atoms with Gasteiger partial charge in [0.15, 0.2) is 0 Å². The fourth-order valence-electron chi connectivity index (χ4n) is 2.95. The van der Waals surface area contributed by atoms with Crippen LogP contribution in [-0.4, -0.2) is 17.2 Å². The van der Waals surface area contributed by atoms with Gasteiger partial charge in [-0.1, -0.05) is 19.3 Å². The average molecular weight is 338 g/mol. The van der Waals surface area contributed by atoms with Gasteiger partial charge < -0.3 is 4.74 Å². The number of hydrogen-bond donors (Lipinski definition) is 0. The lowest BCUT2D eigenvalue weighted by atomic mass is 9.96. The fourth-order valence-corrected chi connectivity index (χ4v) is 2.95. The minimum absolute atomic E-state index is 0.0883. The van der Waals surface area contributed by atoms with Gasteiger partial charge in [0.1, 0.15) is 12.4 Å². The van der Waals surface area contributed by atoms with Crippen LogP contribution in [0.2, 0.25) is 0 Å². The van der Waals surface area contributed by atoms with Crippen LogP contribution < -0.4 is 4.74 Å². The Kier molecular flexibility index (Phi) is 5.77. The quantitative estimate of drug-likeness (QED) is 0.426. The highest BCUT2D eigenvalue weighted by Gasteiger charge is 2.10. The number of nitrogens with zero attached hydrogens (tertiary/aromatic N) is 2. The first kappa shape index (κ1) is 17.1. The minimum Gasteiger partial charge on any atom is -0.489 e. The minimum atomic E-state index is -0.405. The first-order chi connectivity index (χ1) is 12.2. The van der Waals surface area contributed by atoms with Gasteiger partial charge in [-0.15, -0.1) is 0 Å². The van der Waals surface area contributed by atoms with Crippen molar-refractivity contribution in [1.82, 2.24) is 0 Å². The Labute approximate surface area is 147 Å². The summed E-state index contributed by atoms with van der Waals surface area (Å²) in [4.78, 5) is 14.9. The molecule has 1 aliphatic rings. The van der Waals surface area contributed by atoms with Crippen LogP contribution in [-0.2, 0) is 6.61 Å². The maximum absolute atomic E-state index is 10.6. The van der Waals surface area contributed by atoms with Gasteiger partial charge >= 0.3 is 0 Å². The van der Waals surface area contributed by atoms with E-state index in [4.69, 9.17) is 4.74 Å². The lowest BCUT2D eigenvalue weighted by Crippen LogP contribution is -2.09. The van der Waals surface area contributed by atoms with E-state index in [1.807, 2.05) is 30.5 Å². The number of aliphatic imine (C=N–C) groups is 1. The molecule has 5 nitrogen and oxygen atoms in total. The molecule has 1 fully saturated rings. The van der Waals surface area contributed by atoms with Crippen LogP contribution in [0, 0.1) is 10.1 Å². The normalized spacial score (nSPS) is 15.4. The zero-order valence-electron chi connectivity index (χ0n) is 14.1. The second-order valence-electron chi connectivity index (χ2n) is 6.35. The van der Waals surface area contributed by atoms with Crippen LogP contribution in [0.3, 0.4) is 0 Å². The number of ether oxygens (including phenoxy) is 1. The number of benzene rings is 2. The second kappa shape index (κ2) is 8.42. The zero-order chi connectivity index (χ0) is 17.5. The highest BCUT2D eigenvalue weighted by molar-refractivity contribution is 5.79. The lowest BCUT2D eigenvalue weighted by Gasteiger charge is -2.17. The molecule has 0 atom stereocenters. The van der Waals surface area contributed by atoms with Crippen LogP contribution in [0.5, 0.6) is 5.75 Å². The van der Waals surface area contributed by atoms with E-state index in [9.17, 15) is 10.1 Å². The summed E-state index contributed by atoms with van der Waals surface area (Å²) in [6, 6.07) is 14.7. The summed E-state index contributed by atoms with van der Waals surface area (Å²) in [5, 5.41) is 10.6. The van der Waals surface area contributed by atoms with Gasteiger partial charge in [-0.05, 0) is 60.4 Å². The van der Waals surface area contributed by atoms with Crippen LogP contribution >= 0.6 is 0 Å². The Morgan fingerprint density at radius 1 is 1.04 bits per heavy atom. The highest BCUT2D eigenvalue weighted by Crippen LogP contribution is 2.20. The van der Waals surface area contributed by atoms with Gasteiger partial charge in [0.05, 0.1) is 4.92 Å². The smallest absolute Gasteiger partial charge is 0.269 e. The molecule has 130 valence electrons. The molecule has 1 aliphatic carbocycles. The molecule has 0 aliphatic heterocycles. The van der Waals surface area contributed by atoms with E-state index in [1.165, 1.54) is 44.2 Å². The molecule has 0 bridgehead atoms. The van der Waals surface area contributed by atoms with Crippen molar-refractivity contribution in [3.8, 4) is 5.75 Å². The van der Waals surface area contributed by atoms with Crippen molar-refractivity contribution < 1.29 is 9.66 Å². The van der Waals surface area contributed by atoms with E-state index in [0.29, 0.717) is 12.6 Å². The number of non-ortho nitro benzene ring substituents is 1. The number of hydrogen-bond acceptors (Lipinski definition) is 4. The van der Waals surface area contributed by atoms with Crippen molar-refractivity contribution in [1.29, 1.82) is 0 Å². The molecule has 1 saturated carbocycles. The maximum Gasteiger partial charge on any atom is 0.269 e. The first-order valence-electron chi connectivity index (χ1n) is 8.70. The van der Waals surface area contributed by atoms with E-state index >= 15 is 0 Å². The molecule has 0 unspecified atom stereocenters. The summed E-state index contributed by atoms with van der Waals surface area (Å²) in [6.07, 6.45) is 8.28. The molecule has 25 heavy (non-hydrogen) atoms. The molecule has 0 aromatic heterocycles. The van der Waals surface area contributed by atoms with Crippen LogP contribution in [0.4, 0.5) is 5.69 Å². The predicted octanol–water partition coefficient (Wildman–Crippen LogP) is 4.93. The average Bonchev–Trinajstić information content (AvgIpc) is 2.67. The SMILES string of the molecule is O=[N+]([O-])c1ccc(COc2ccc(/C=N/C3CCCCC3)cc2)cc1. The Balaban J connectivity index is 1.51. The molecule has 0 amide bonds. The molecule has 0 N–H and O–H groups in total. The van der Waals surface area contributed by atoms with Gasteiger partial charge in [-0.25, -0.2) is 0 Å². The van der Waals surface area contributed by atoms with E-state index in [2.05, 4.69) is 4.99 Å². The highest BCUT2D eigenvalue weighted by atomic mass is 16.6. The van der Waals surface area contributed by atoms with Crippen LogP contribution in [0.25, 0.3) is 0 Å². The van der Waals surface area contributed by atoms with Gasteiger partial charge in [0.25, 0.3) is 5.69 Å². The largest absolute Gasteiger partial charge is 0.489 e. The summed E-state index contributed by atoms with van der Waals surface area (Å²) in [5.74, 6) is 0.771. The summed E-state index contributed by atoms with van der Waals surface area (Å²) < 4.78 is 5.73. The van der Waals surface area contributed by atoms with E-state index < -0.39 is 4.92 Å². The monoisotopic (exact) mass is 338 g/mol. The first-order valence-corrected chi connectivity index (χ1v) is 8.70. The fraction of sp³-hybridized carbons (Fsp3) is 0.350. The lowest BCUT2D eigenvalue weighted by molar-refractivity contribution is -0.384. The molecule has 0 radical (unpaired) electrons. The third kappa shape index (κ3) is 5.14. The molecule has 2 aromatic carbocycles. The topological polar surface area (TPSA) is 64.7 Å². The van der Waals surface area contributed by atoms with Crippen molar-refractivity contribution in [2.45, 2.75) is 44.8 Å². The molecule has 0 spiro atoms. The van der Waals surface area contributed by atoms with Crippen molar-refractivity contribution in [2.24, 2.45) is 4.99 Å². The van der Waals surface area contributed by atoms with Crippen molar-refractivity contribution in [3.05, 3.63) is 69.8 Å². The van der Waals surface area contributed by atoms with Crippen molar-refractivity contribution in [2.75, 3.05) is 0 Å². The molecule has 2 aromatic rings. The van der Waals surface area contributed by atoms with Gasteiger partial charge in [-0.3, -0.25) is 15.1 Å². The summed E-state index contributed by atoms with van der Waals surface area (Å²) >= 11 is 0. The van der Waals surface area contributed by atoms with Gasteiger partial charge in [-0.2, -0.15) is 0 Å².